The van der Waals surface area contributed by atoms with Gasteiger partial charge in [-0.3, -0.25) is 4.79 Å². The van der Waals surface area contributed by atoms with Crippen LogP contribution < -0.4 is 10.6 Å². The Labute approximate surface area is 119 Å². The summed E-state index contributed by atoms with van der Waals surface area (Å²) in [7, 11) is -0.531. The van der Waals surface area contributed by atoms with E-state index in [-0.39, 0.29) is 16.7 Å². The Morgan fingerprint density at radius 2 is 2.15 bits per heavy atom. The van der Waals surface area contributed by atoms with E-state index in [9.17, 15) is 13.2 Å². The molecule has 0 aromatic heterocycles. The Bertz CT molecular complexity index is 593. The third-order valence-electron chi connectivity index (χ3n) is 3.31. The molecule has 1 unspecified atom stereocenters. The Balaban J connectivity index is 2.16. The highest BCUT2D eigenvalue weighted by Gasteiger charge is 2.23. The Morgan fingerprint density at radius 1 is 1.40 bits per heavy atom. The van der Waals surface area contributed by atoms with Gasteiger partial charge in [0.25, 0.3) is 0 Å². The van der Waals surface area contributed by atoms with E-state index in [0.29, 0.717) is 12.2 Å². The molecule has 20 heavy (non-hydrogen) atoms. The number of rotatable bonds is 4. The highest BCUT2D eigenvalue weighted by atomic mass is 32.2. The lowest BCUT2D eigenvalue weighted by Gasteiger charge is -2.14. The summed E-state index contributed by atoms with van der Waals surface area (Å²) in [4.78, 5) is 12.2. The molecule has 110 valence electrons. The molecule has 7 heteroatoms. The maximum atomic E-state index is 12.0. The molecule has 1 fully saturated rings. The fourth-order valence-electron chi connectivity index (χ4n) is 2.07. The molecule has 0 spiro atoms. The van der Waals surface area contributed by atoms with E-state index in [1.165, 1.54) is 26.2 Å². The predicted octanol–water partition coefficient (Wildman–Crippen LogP) is 0.485. The van der Waals surface area contributed by atoms with Crippen molar-refractivity contribution in [2.24, 2.45) is 5.92 Å². The van der Waals surface area contributed by atoms with Gasteiger partial charge in [-0.25, -0.2) is 12.7 Å². The number of carbonyl (C=O) groups excluding carboxylic acids is 1. The summed E-state index contributed by atoms with van der Waals surface area (Å²) in [6.45, 7) is 1.51. The molecule has 1 aromatic carbocycles. The quantitative estimate of drug-likeness (QED) is 0.847. The molecular weight excluding hydrogens is 278 g/mol. The minimum atomic E-state index is -3.48. The normalized spacial score (nSPS) is 19.2. The van der Waals surface area contributed by atoms with Crippen molar-refractivity contribution in [1.82, 2.24) is 9.62 Å². The van der Waals surface area contributed by atoms with Gasteiger partial charge in [-0.05, 0) is 31.2 Å². The molecule has 0 bridgehead atoms. The topological polar surface area (TPSA) is 78.5 Å². The van der Waals surface area contributed by atoms with Crippen molar-refractivity contribution >= 4 is 21.6 Å². The molecule has 0 radical (unpaired) electrons. The third kappa shape index (κ3) is 3.17. The first-order valence-electron chi connectivity index (χ1n) is 6.45. The average molecular weight is 297 g/mol. The van der Waals surface area contributed by atoms with E-state index in [0.717, 1.165) is 17.3 Å². The van der Waals surface area contributed by atoms with Gasteiger partial charge in [0, 0.05) is 26.3 Å². The predicted molar refractivity (Wildman–Crippen MR) is 76.9 cm³/mol. The van der Waals surface area contributed by atoms with E-state index < -0.39 is 10.0 Å². The standard InChI is InChI=1S/C13H19N3O3S/c1-16(2)20(18,19)12-5-3-4-11(8-12)15-13(17)10-6-7-14-9-10/h3-5,8,10,14H,6-7,9H2,1-2H3,(H,15,17). The number of nitrogens with zero attached hydrogens (tertiary/aromatic N) is 1. The van der Waals surface area contributed by atoms with Crippen molar-refractivity contribution in [3.63, 3.8) is 0 Å². The maximum Gasteiger partial charge on any atom is 0.242 e. The number of amides is 1. The van der Waals surface area contributed by atoms with E-state index >= 15 is 0 Å². The van der Waals surface area contributed by atoms with Gasteiger partial charge in [-0.2, -0.15) is 0 Å². The third-order valence-corrected chi connectivity index (χ3v) is 5.12. The van der Waals surface area contributed by atoms with Crippen molar-refractivity contribution in [3.05, 3.63) is 24.3 Å². The lowest BCUT2D eigenvalue weighted by atomic mass is 10.1. The van der Waals surface area contributed by atoms with Gasteiger partial charge in [0.2, 0.25) is 15.9 Å². The minimum absolute atomic E-state index is 0.0517. The van der Waals surface area contributed by atoms with Crippen LogP contribution in [0.25, 0.3) is 0 Å². The summed E-state index contributed by atoms with van der Waals surface area (Å²) in [5, 5.41) is 5.90. The van der Waals surface area contributed by atoms with Gasteiger partial charge in [0.15, 0.2) is 0 Å². The van der Waals surface area contributed by atoms with Crippen LogP contribution in [0.15, 0.2) is 29.2 Å². The number of hydrogen-bond donors (Lipinski definition) is 2. The first kappa shape index (κ1) is 15.0. The van der Waals surface area contributed by atoms with Crippen LogP contribution in [0.1, 0.15) is 6.42 Å². The van der Waals surface area contributed by atoms with E-state index in [1.807, 2.05) is 0 Å². The summed E-state index contributed by atoms with van der Waals surface area (Å²) in [6.07, 6.45) is 0.807. The van der Waals surface area contributed by atoms with Crippen LogP contribution in [0.2, 0.25) is 0 Å². The second-order valence-electron chi connectivity index (χ2n) is 4.99. The summed E-state index contributed by atoms with van der Waals surface area (Å²) >= 11 is 0. The molecule has 1 aliphatic rings. The summed E-state index contributed by atoms with van der Waals surface area (Å²) in [5.74, 6) is -0.126. The lowest BCUT2D eigenvalue weighted by Crippen LogP contribution is -2.25. The van der Waals surface area contributed by atoms with Crippen molar-refractivity contribution in [2.45, 2.75) is 11.3 Å². The summed E-state index contributed by atoms with van der Waals surface area (Å²) < 4.78 is 25.2. The van der Waals surface area contributed by atoms with Crippen molar-refractivity contribution in [1.29, 1.82) is 0 Å². The lowest BCUT2D eigenvalue weighted by molar-refractivity contribution is -0.119. The SMILES string of the molecule is CN(C)S(=O)(=O)c1cccc(NC(=O)C2CCNC2)c1. The van der Waals surface area contributed by atoms with Crippen molar-refractivity contribution in [2.75, 3.05) is 32.5 Å². The zero-order chi connectivity index (χ0) is 14.8. The smallest absolute Gasteiger partial charge is 0.242 e. The highest BCUT2D eigenvalue weighted by molar-refractivity contribution is 7.89. The maximum absolute atomic E-state index is 12.0. The first-order chi connectivity index (χ1) is 9.41. The fourth-order valence-corrected chi connectivity index (χ4v) is 3.02. The van der Waals surface area contributed by atoms with Crippen molar-refractivity contribution < 1.29 is 13.2 Å². The number of carbonyl (C=O) groups is 1. The van der Waals surface area contributed by atoms with Crippen LogP contribution in [0, 0.1) is 5.92 Å². The molecule has 2 N–H and O–H groups in total. The molecule has 0 saturated carbocycles. The van der Waals surface area contributed by atoms with Crippen molar-refractivity contribution in [3.8, 4) is 0 Å². The number of nitrogens with one attached hydrogen (secondary N) is 2. The van der Waals surface area contributed by atoms with Gasteiger partial charge >= 0.3 is 0 Å². The monoisotopic (exact) mass is 297 g/mol. The molecule has 1 atom stereocenters. The van der Waals surface area contributed by atoms with Gasteiger partial charge in [0.05, 0.1) is 10.8 Å². The zero-order valence-electron chi connectivity index (χ0n) is 11.6. The van der Waals surface area contributed by atoms with Crippen LogP contribution in [-0.4, -0.2) is 45.8 Å². The van der Waals surface area contributed by atoms with Crippen LogP contribution in [-0.2, 0) is 14.8 Å². The number of benzene rings is 1. The molecule has 1 aliphatic heterocycles. The average Bonchev–Trinajstić information content (AvgIpc) is 2.92. The number of hydrogen-bond acceptors (Lipinski definition) is 4. The first-order valence-corrected chi connectivity index (χ1v) is 7.89. The van der Waals surface area contributed by atoms with Crippen LogP contribution in [0.5, 0.6) is 0 Å². The Kier molecular flexibility index (Phi) is 4.42. The highest BCUT2D eigenvalue weighted by Crippen LogP contribution is 2.19. The number of sulfonamides is 1. The molecule has 1 aromatic rings. The molecular formula is C13H19N3O3S. The van der Waals surface area contributed by atoms with E-state index in [1.54, 1.807) is 12.1 Å². The van der Waals surface area contributed by atoms with Gasteiger partial charge in [-0.1, -0.05) is 6.07 Å². The second-order valence-corrected chi connectivity index (χ2v) is 7.15. The molecule has 1 saturated heterocycles. The molecule has 6 nitrogen and oxygen atoms in total. The zero-order valence-corrected chi connectivity index (χ0v) is 12.4. The molecule has 2 rings (SSSR count). The van der Waals surface area contributed by atoms with Crippen LogP contribution in [0.4, 0.5) is 5.69 Å². The van der Waals surface area contributed by atoms with Crippen LogP contribution >= 0.6 is 0 Å². The van der Waals surface area contributed by atoms with Gasteiger partial charge in [-0.15, -0.1) is 0 Å². The van der Waals surface area contributed by atoms with E-state index in [2.05, 4.69) is 10.6 Å². The van der Waals surface area contributed by atoms with E-state index in [4.69, 9.17) is 0 Å². The molecule has 1 amide bonds. The second kappa shape index (κ2) is 5.90. The Hall–Kier alpha value is -1.44. The largest absolute Gasteiger partial charge is 0.326 e. The minimum Gasteiger partial charge on any atom is -0.326 e. The molecule has 1 heterocycles. The fraction of sp³-hybridized carbons (Fsp3) is 0.462. The molecule has 0 aliphatic carbocycles. The Morgan fingerprint density at radius 3 is 2.75 bits per heavy atom. The summed E-state index contributed by atoms with van der Waals surface area (Å²) in [6, 6.07) is 6.31. The van der Waals surface area contributed by atoms with Gasteiger partial charge in [0.1, 0.15) is 0 Å². The van der Waals surface area contributed by atoms with Gasteiger partial charge < -0.3 is 10.6 Å². The summed E-state index contributed by atoms with van der Waals surface area (Å²) in [5.41, 5.74) is 0.504. The number of anilines is 1. The van der Waals surface area contributed by atoms with Crippen LogP contribution in [0.3, 0.4) is 0 Å².